The lowest BCUT2D eigenvalue weighted by atomic mass is 10.3. The van der Waals surface area contributed by atoms with Crippen LogP contribution in [0.4, 0.5) is 0 Å². The van der Waals surface area contributed by atoms with Gasteiger partial charge in [-0.15, -0.1) is 0 Å². The lowest BCUT2D eigenvalue weighted by Crippen LogP contribution is -2.28. The van der Waals surface area contributed by atoms with Gasteiger partial charge in [0.2, 0.25) is 11.5 Å². The molecule has 2 bridgehead atoms. The van der Waals surface area contributed by atoms with Crippen molar-refractivity contribution in [1.82, 2.24) is 0 Å². The topological polar surface area (TPSA) is 115 Å². The van der Waals surface area contributed by atoms with E-state index in [4.69, 9.17) is 13.9 Å². The van der Waals surface area contributed by atoms with E-state index in [9.17, 15) is 18.4 Å². The van der Waals surface area contributed by atoms with Crippen LogP contribution in [0.15, 0.2) is 16.6 Å². The Labute approximate surface area is 132 Å². The molecule has 122 valence electrons. The molecule has 0 N–H and O–H groups in total. The third-order valence-electron chi connectivity index (χ3n) is 3.28. The van der Waals surface area contributed by atoms with Crippen LogP contribution in [-0.2, 0) is 32.1 Å². The van der Waals surface area contributed by atoms with Crippen LogP contribution >= 0.6 is 0 Å². The van der Waals surface area contributed by atoms with Gasteiger partial charge in [-0.2, -0.15) is 0 Å². The summed E-state index contributed by atoms with van der Waals surface area (Å²) in [5, 5.41) is 0. The lowest BCUT2D eigenvalue weighted by molar-refractivity contribution is -0.158. The Balaban J connectivity index is 1.80. The molecule has 2 atom stereocenters. The van der Waals surface area contributed by atoms with Gasteiger partial charge < -0.3 is 22.6 Å². The average Bonchev–Trinajstić information content (AvgIpc) is 3.09. The Kier molecular flexibility index (Phi) is 3.61. The van der Waals surface area contributed by atoms with E-state index < -0.39 is 29.4 Å². The molecule has 2 aromatic heterocycles. The van der Waals surface area contributed by atoms with Crippen molar-refractivity contribution in [2.45, 2.75) is 26.4 Å². The zero-order chi connectivity index (χ0) is 16.9. The summed E-state index contributed by atoms with van der Waals surface area (Å²) < 4.78 is 41.5. The molecule has 3 rings (SSSR count). The standard InChI is InChI=1S/C14H12O8S/c1-5(2)13(15)19-6(3)14(16)21-11-9-7-4-8(7)10(20-9)12(11)22-23(17)18/h6H,1,4H2,2-3H3,(H,17,18)/p-1. The second-order valence-electron chi connectivity index (χ2n) is 5.09. The van der Waals surface area contributed by atoms with Crippen molar-refractivity contribution in [3.8, 4) is 11.5 Å². The molecule has 1 aliphatic rings. The minimum absolute atomic E-state index is 0.122. The fourth-order valence-corrected chi connectivity index (χ4v) is 2.38. The van der Waals surface area contributed by atoms with Crippen LogP contribution in [-0.4, -0.2) is 26.8 Å². The quantitative estimate of drug-likeness (QED) is 0.286. The van der Waals surface area contributed by atoms with E-state index in [0.717, 1.165) is 11.1 Å². The zero-order valence-corrected chi connectivity index (χ0v) is 13.0. The Morgan fingerprint density at radius 1 is 1.30 bits per heavy atom. The maximum atomic E-state index is 12.0. The highest BCUT2D eigenvalue weighted by molar-refractivity contribution is 7.74. The monoisotopic (exact) mass is 339 g/mol. The molecular formula is C14H11O8S-. The van der Waals surface area contributed by atoms with E-state index in [-0.39, 0.29) is 28.2 Å². The van der Waals surface area contributed by atoms with Crippen molar-refractivity contribution < 1.29 is 36.4 Å². The maximum Gasteiger partial charge on any atom is 0.352 e. The first-order valence-electron chi connectivity index (χ1n) is 6.55. The number of benzene rings is 1. The summed E-state index contributed by atoms with van der Waals surface area (Å²) in [4.78, 5) is 23.4. The average molecular weight is 339 g/mol. The number of carbonyl (C=O) groups is 2. The largest absolute Gasteiger partial charge is 0.740 e. The summed E-state index contributed by atoms with van der Waals surface area (Å²) in [6.45, 7) is 6.17. The van der Waals surface area contributed by atoms with Gasteiger partial charge >= 0.3 is 11.9 Å². The molecular weight excluding hydrogens is 328 g/mol. The molecule has 2 aromatic rings. The van der Waals surface area contributed by atoms with Crippen LogP contribution in [0.2, 0.25) is 0 Å². The second-order valence-corrected chi connectivity index (χ2v) is 5.66. The van der Waals surface area contributed by atoms with Gasteiger partial charge in [-0.25, -0.2) is 13.8 Å². The molecule has 0 aliphatic heterocycles. The van der Waals surface area contributed by atoms with Gasteiger partial charge in [0.1, 0.15) is 11.4 Å². The van der Waals surface area contributed by atoms with Gasteiger partial charge in [0.15, 0.2) is 17.3 Å². The minimum atomic E-state index is -2.85. The first-order valence-corrected chi connectivity index (χ1v) is 7.55. The van der Waals surface area contributed by atoms with E-state index in [1.165, 1.54) is 13.8 Å². The third-order valence-corrected chi connectivity index (χ3v) is 3.58. The molecule has 0 spiro atoms. The number of carbonyl (C=O) groups excluding carboxylic acids is 2. The number of ether oxygens (including phenoxy) is 2. The maximum absolute atomic E-state index is 12.0. The Bertz CT molecular complexity index is 848. The molecule has 0 aromatic carbocycles. The Morgan fingerprint density at radius 3 is 2.48 bits per heavy atom. The van der Waals surface area contributed by atoms with E-state index in [0.29, 0.717) is 6.42 Å². The SMILES string of the molecule is C=C(C)C(=O)OC(C)C(=O)Oc1c(OS(=O)[O-])c2oc1c1c2C1. The smallest absolute Gasteiger partial charge is 0.352 e. The molecule has 0 fully saturated rings. The predicted octanol–water partition coefficient (Wildman–Crippen LogP) is 1.36. The molecule has 0 amide bonds. The Hall–Kier alpha value is -2.39. The van der Waals surface area contributed by atoms with E-state index in [1.807, 2.05) is 0 Å². The summed E-state index contributed by atoms with van der Waals surface area (Å²) >= 11 is -2.85. The van der Waals surface area contributed by atoms with Gasteiger partial charge in [0.25, 0.3) is 0 Å². The minimum Gasteiger partial charge on any atom is -0.740 e. The molecule has 8 nitrogen and oxygen atoms in total. The van der Waals surface area contributed by atoms with Gasteiger partial charge in [0, 0.05) is 23.1 Å². The first kappa shape index (κ1) is 15.5. The van der Waals surface area contributed by atoms with E-state index >= 15 is 0 Å². The highest BCUT2D eigenvalue weighted by atomic mass is 32.2. The van der Waals surface area contributed by atoms with Gasteiger partial charge in [0.05, 0.1) is 0 Å². The van der Waals surface area contributed by atoms with Crippen molar-refractivity contribution in [2.24, 2.45) is 0 Å². The van der Waals surface area contributed by atoms with Crippen molar-refractivity contribution in [1.29, 1.82) is 0 Å². The number of furan rings is 2. The summed E-state index contributed by atoms with van der Waals surface area (Å²) in [6.07, 6.45) is -0.576. The van der Waals surface area contributed by atoms with E-state index in [2.05, 4.69) is 10.8 Å². The van der Waals surface area contributed by atoms with Crippen LogP contribution < -0.4 is 8.92 Å². The normalized spacial score (nSPS) is 14.9. The fourth-order valence-electron chi connectivity index (χ4n) is 2.09. The summed E-state index contributed by atoms with van der Waals surface area (Å²) in [5.41, 5.74) is 2.33. The van der Waals surface area contributed by atoms with Gasteiger partial charge in [-0.3, -0.25) is 0 Å². The number of fused-ring (bicyclic) bond motifs is 5. The summed E-state index contributed by atoms with van der Waals surface area (Å²) in [7, 11) is 0. The first-order chi connectivity index (χ1) is 10.8. The Morgan fingerprint density at radius 2 is 1.91 bits per heavy atom. The molecule has 0 saturated heterocycles. The van der Waals surface area contributed by atoms with Gasteiger partial charge in [-0.05, 0) is 13.8 Å². The highest BCUT2D eigenvalue weighted by Gasteiger charge is 2.39. The van der Waals surface area contributed by atoms with Crippen LogP contribution in [0.3, 0.4) is 0 Å². The van der Waals surface area contributed by atoms with Crippen LogP contribution in [0.1, 0.15) is 25.0 Å². The lowest BCUT2D eigenvalue weighted by Gasteiger charge is -2.13. The number of rotatable bonds is 6. The summed E-state index contributed by atoms with van der Waals surface area (Å²) in [5.74, 6) is -1.92. The van der Waals surface area contributed by atoms with E-state index in [1.54, 1.807) is 0 Å². The molecule has 0 saturated carbocycles. The summed E-state index contributed by atoms with van der Waals surface area (Å²) in [6, 6.07) is 0. The van der Waals surface area contributed by atoms with Crippen LogP contribution in [0.5, 0.6) is 11.5 Å². The van der Waals surface area contributed by atoms with Crippen molar-refractivity contribution in [3.05, 3.63) is 23.3 Å². The molecule has 0 radical (unpaired) electrons. The molecule has 2 heterocycles. The third kappa shape index (κ3) is 2.68. The molecule has 1 aliphatic carbocycles. The number of hydrogen-bond donors (Lipinski definition) is 0. The predicted molar refractivity (Wildman–Crippen MR) is 75.8 cm³/mol. The van der Waals surface area contributed by atoms with Gasteiger partial charge in [-0.1, -0.05) is 6.58 Å². The van der Waals surface area contributed by atoms with Crippen LogP contribution in [0, 0.1) is 0 Å². The molecule has 23 heavy (non-hydrogen) atoms. The number of hydrogen-bond acceptors (Lipinski definition) is 8. The molecule has 2 unspecified atom stereocenters. The molecule has 9 heteroatoms. The van der Waals surface area contributed by atoms with Crippen molar-refractivity contribution in [3.63, 3.8) is 0 Å². The zero-order valence-electron chi connectivity index (χ0n) is 12.2. The highest BCUT2D eigenvalue weighted by Crippen LogP contribution is 2.55. The van der Waals surface area contributed by atoms with Crippen LogP contribution in [0.25, 0.3) is 11.2 Å². The van der Waals surface area contributed by atoms with Crippen molar-refractivity contribution in [2.75, 3.05) is 0 Å². The fraction of sp³-hybridized carbons (Fsp3) is 0.286. The second kappa shape index (κ2) is 5.36. The van der Waals surface area contributed by atoms with Crippen molar-refractivity contribution >= 4 is 34.5 Å². The number of esters is 2.